The number of thiophene rings is 1. The summed E-state index contributed by atoms with van der Waals surface area (Å²) in [5.41, 5.74) is 3.58. The number of amides is 2. The van der Waals surface area contributed by atoms with E-state index >= 15 is 0 Å². The Kier molecular flexibility index (Phi) is 5.23. The van der Waals surface area contributed by atoms with Gasteiger partial charge >= 0.3 is 0 Å². The lowest BCUT2D eigenvalue weighted by Crippen LogP contribution is -2.46. The number of aryl methyl sites for hydroxylation is 1. The van der Waals surface area contributed by atoms with Crippen LogP contribution in [0.15, 0.2) is 35.7 Å². The average Bonchev–Trinajstić information content (AvgIpc) is 3.07. The summed E-state index contributed by atoms with van der Waals surface area (Å²) in [5.74, 6) is -0.0429. The smallest absolute Gasteiger partial charge is 0.242 e. The first-order valence-electron chi connectivity index (χ1n) is 8.69. The minimum Gasteiger partial charge on any atom is -0.334 e. The van der Waals surface area contributed by atoms with Gasteiger partial charge in [0.1, 0.15) is 0 Å². The van der Waals surface area contributed by atoms with Gasteiger partial charge in [-0.15, -0.1) is 11.3 Å². The zero-order valence-electron chi connectivity index (χ0n) is 15.0. The monoisotopic (exact) mass is 356 g/mol. The number of carbonyl (C=O) groups excluding carboxylic acids is 2. The van der Waals surface area contributed by atoms with Crippen LogP contribution >= 0.6 is 11.3 Å². The minimum atomic E-state index is -0.0608. The van der Waals surface area contributed by atoms with E-state index in [0.29, 0.717) is 13.1 Å². The summed E-state index contributed by atoms with van der Waals surface area (Å²) >= 11 is 1.76. The van der Waals surface area contributed by atoms with Crippen LogP contribution in [0.25, 0.3) is 0 Å². The Morgan fingerprint density at radius 1 is 1.24 bits per heavy atom. The third-order valence-corrected chi connectivity index (χ3v) is 5.92. The van der Waals surface area contributed by atoms with Crippen LogP contribution in [0.3, 0.4) is 0 Å². The average molecular weight is 356 g/mol. The summed E-state index contributed by atoms with van der Waals surface area (Å²) in [6.45, 7) is 6.90. The molecule has 25 heavy (non-hydrogen) atoms. The van der Waals surface area contributed by atoms with Crippen molar-refractivity contribution in [3.05, 3.63) is 57.3 Å². The Labute approximate surface area is 153 Å². The molecule has 0 N–H and O–H groups in total. The van der Waals surface area contributed by atoms with E-state index in [0.717, 1.165) is 6.42 Å². The van der Waals surface area contributed by atoms with E-state index < -0.39 is 0 Å². The first-order chi connectivity index (χ1) is 12.0. The van der Waals surface area contributed by atoms with Gasteiger partial charge in [-0.3, -0.25) is 9.59 Å². The second-order valence-corrected chi connectivity index (χ2v) is 7.43. The Morgan fingerprint density at radius 2 is 2.00 bits per heavy atom. The number of rotatable bonds is 4. The molecule has 4 nitrogen and oxygen atoms in total. The lowest BCUT2D eigenvalue weighted by molar-refractivity contribution is -0.140. The maximum Gasteiger partial charge on any atom is 0.242 e. The molecule has 1 aliphatic heterocycles. The fourth-order valence-corrected chi connectivity index (χ4v) is 4.42. The number of nitrogens with zero attached hydrogens (tertiary/aromatic N) is 2. The normalized spacial score (nSPS) is 16.4. The standard InChI is InChI=1S/C20H24N2O2S/c1-4-21(15(3)23)13-19(24)22-11-9-18-17(10-12-25-18)20(22)16-8-6-5-7-14(16)2/h5-8,10,12,20H,4,9,11,13H2,1-3H3/t20-/m0/s1. The van der Waals surface area contributed by atoms with E-state index in [9.17, 15) is 9.59 Å². The molecule has 0 fully saturated rings. The molecule has 5 heteroatoms. The van der Waals surface area contributed by atoms with E-state index in [-0.39, 0.29) is 24.4 Å². The van der Waals surface area contributed by atoms with Gasteiger partial charge < -0.3 is 9.80 Å². The number of hydrogen-bond donors (Lipinski definition) is 0. The van der Waals surface area contributed by atoms with Crippen LogP contribution in [0.4, 0.5) is 0 Å². The highest BCUT2D eigenvalue weighted by Crippen LogP contribution is 2.38. The molecule has 0 bridgehead atoms. The van der Waals surface area contributed by atoms with Crippen LogP contribution in [0.5, 0.6) is 0 Å². The van der Waals surface area contributed by atoms with Gasteiger partial charge in [0.25, 0.3) is 0 Å². The lowest BCUT2D eigenvalue weighted by Gasteiger charge is -2.38. The second kappa shape index (κ2) is 7.40. The molecule has 1 aromatic heterocycles. The van der Waals surface area contributed by atoms with Crippen LogP contribution in [-0.2, 0) is 16.0 Å². The van der Waals surface area contributed by atoms with Gasteiger partial charge in [0, 0.05) is 24.9 Å². The highest BCUT2D eigenvalue weighted by Gasteiger charge is 2.34. The number of benzene rings is 1. The molecule has 0 unspecified atom stereocenters. The molecule has 0 spiro atoms. The number of carbonyl (C=O) groups is 2. The molecule has 132 valence electrons. The van der Waals surface area contributed by atoms with E-state index in [1.165, 1.54) is 28.5 Å². The van der Waals surface area contributed by atoms with Crippen LogP contribution in [0.2, 0.25) is 0 Å². The fraction of sp³-hybridized carbons (Fsp3) is 0.400. The number of hydrogen-bond acceptors (Lipinski definition) is 3. The van der Waals surface area contributed by atoms with Crippen molar-refractivity contribution in [3.63, 3.8) is 0 Å². The molecule has 0 saturated carbocycles. The third-order valence-electron chi connectivity index (χ3n) is 4.92. The van der Waals surface area contributed by atoms with Gasteiger partial charge in [-0.2, -0.15) is 0 Å². The van der Waals surface area contributed by atoms with Gasteiger partial charge in [-0.05, 0) is 48.4 Å². The summed E-state index contributed by atoms with van der Waals surface area (Å²) < 4.78 is 0. The van der Waals surface area contributed by atoms with Crippen molar-refractivity contribution < 1.29 is 9.59 Å². The molecule has 2 aromatic rings. The largest absolute Gasteiger partial charge is 0.334 e. The minimum absolute atomic E-state index is 0.0159. The maximum atomic E-state index is 13.0. The van der Waals surface area contributed by atoms with Gasteiger partial charge in [0.15, 0.2) is 0 Å². The zero-order valence-corrected chi connectivity index (χ0v) is 15.8. The Morgan fingerprint density at radius 3 is 2.68 bits per heavy atom. The highest BCUT2D eigenvalue weighted by molar-refractivity contribution is 7.10. The van der Waals surface area contributed by atoms with Gasteiger partial charge in [-0.1, -0.05) is 24.3 Å². The molecule has 2 amide bonds. The van der Waals surface area contributed by atoms with Gasteiger partial charge in [0.05, 0.1) is 12.6 Å². The molecule has 3 rings (SSSR count). The van der Waals surface area contributed by atoms with E-state index in [2.05, 4.69) is 30.5 Å². The fourth-order valence-electron chi connectivity index (χ4n) is 3.51. The first kappa shape index (κ1) is 17.7. The highest BCUT2D eigenvalue weighted by atomic mass is 32.1. The van der Waals surface area contributed by atoms with Crippen molar-refractivity contribution in [2.24, 2.45) is 0 Å². The SMILES string of the molecule is CCN(CC(=O)N1CCc2sccc2[C@@H]1c1ccccc1C)C(C)=O. The van der Waals surface area contributed by atoms with Crippen molar-refractivity contribution in [2.75, 3.05) is 19.6 Å². The van der Waals surface area contributed by atoms with E-state index in [1.807, 2.05) is 24.0 Å². The molecule has 1 aliphatic rings. The molecule has 0 aliphatic carbocycles. The van der Waals surface area contributed by atoms with Crippen molar-refractivity contribution >= 4 is 23.2 Å². The Bertz CT molecular complexity index is 784. The molecular formula is C20H24N2O2S. The lowest BCUT2D eigenvalue weighted by atomic mass is 9.90. The van der Waals surface area contributed by atoms with Crippen molar-refractivity contribution in [1.29, 1.82) is 0 Å². The first-order valence-corrected chi connectivity index (χ1v) is 9.57. The molecule has 0 saturated heterocycles. The third kappa shape index (κ3) is 3.47. The van der Waals surface area contributed by atoms with Crippen LogP contribution in [0, 0.1) is 6.92 Å². The van der Waals surface area contributed by atoms with Crippen molar-refractivity contribution in [2.45, 2.75) is 33.2 Å². The Hall–Kier alpha value is -2.14. The Balaban J connectivity index is 1.96. The van der Waals surface area contributed by atoms with Crippen LogP contribution in [0.1, 0.15) is 41.5 Å². The number of likely N-dealkylation sites (N-methyl/N-ethyl adjacent to an activating group) is 1. The zero-order chi connectivity index (χ0) is 18.0. The van der Waals surface area contributed by atoms with Crippen molar-refractivity contribution in [1.82, 2.24) is 9.80 Å². The topological polar surface area (TPSA) is 40.6 Å². The van der Waals surface area contributed by atoms with Crippen LogP contribution in [-0.4, -0.2) is 41.2 Å². The van der Waals surface area contributed by atoms with Crippen LogP contribution < -0.4 is 0 Å². The molecule has 0 radical (unpaired) electrons. The van der Waals surface area contributed by atoms with E-state index in [4.69, 9.17) is 0 Å². The summed E-state index contributed by atoms with van der Waals surface area (Å²) in [4.78, 5) is 29.6. The van der Waals surface area contributed by atoms with Gasteiger partial charge in [0.2, 0.25) is 11.8 Å². The molecular weight excluding hydrogens is 332 g/mol. The summed E-state index contributed by atoms with van der Waals surface area (Å²) in [6.07, 6.45) is 0.882. The number of fused-ring (bicyclic) bond motifs is 1. The quantitative estimate of drug-likeness (QED) is 0.842. The predicted molar refractivity (Wildman–Crippen MR) is 101 cm³/mol. The van der Waals surface area contributed by atoms with Gasteiger partial charge in [-0.25, -0.2) is 0 Å². The summed E-state index contributed by atoms with van der Waals surface area (Å²) in [5, 5.41) is 2.11. The second-order valence-electron chi connectivity index (χ2n) is 6.43. The summed E-state index contributed by atoms with van der Waals surface area (Å²) in [7, 11) is 0. The molecule has 1 aromatic carbocycles. The maximum absolute atomic E-state index is 13.0. The molecule has 2 heterocycles. The van der Waals surface area contributed by atoms with E-state index in [1.54, 1.807) is 16.2 Å². The molecule has 1 atom stereocenters. The summed E-state index contributed by atoms with van der Waals surface area (Å²) in [6, 6.07) is 10.3. The predicted octanol–water partition coefficient (Wildman–Crippen LogP) is 3.40. The van der Waals surface area contributed by atoms with Crippen molar-refractivity contribution in [3.8, 4) is 0 Å².